The molecule has 2 aromatic heterocycles. The molecule has 2 heterocycles. The predicted molar refractivity (Wildman–Crippen MR) is 83.3 cm³/mol. The average Bonchev–Trinajstić information content (AvgIpc) is 2.84. The zero-order valence-electron chi connectivity index (χ0n) is 10.3. The molecule has 1 atom stereocenters. The fourth-order valence-corrected chi connectivity index (χ4v) is 3.67. The number of thiophene rings is 1. The minimum absolute atomic E-state index is 0.185. The summed E-state index contributed by atoms with van der Waals surface area (Å²) in [5, 5.41) is 1.44. The Balaban J connectivity index is 1.89. The molecule has 20 heavy (non-hydrogen) atoms. The molecule has 0 radical (unpaired) electrons. The van der Waals surface area contributed by atoms with Crippen LogP contribution in [0.5, 0.6) is 0 Å². The van der Waals surface area contributed by atoms with Crippen molar-refractivity contribution in [3.8, 4) is 0 Å². The summed E-state index contributed by atoms with van der Waals surface area (Å²) in [5.74, 6) is -0.228. The molecule has 0 saturated carbocycles. The van der Waals surface area contributed by atoms with Crippen LogP contribution in [0.2, 0.25) is 5.02 Å². The molecule has 1 unspecified atom stereocenters. The lowest BCUT2D eigenvalue weighted by Gasteiger charge is -2.08. The summed E-state index contributed by atoms with van der Waals surface area (Å²) in [6.07, 6.45) is 3.93. The number of nitrogens with zero attached hydrogens (tertiary/aromatic N) is 1. The Labute approximate surface area is 130 Å². The third-order valence-corrected chi connectivity index (χ3v) is 5.14. The minimum Gasteiger partial charge on any atom is -0.263 e. The van der Waals surface area contributed by atoms with Crippen LogP contribution in [0.25, 0.3) is 10.1 Å². The van der Waals surface area contributed by atoms with Crippen LogP contribution in [0.15, 0.2) is 42.7 Å². The van der Waals surface area contributed by atoms with Crippen LogP contribution >= 0.6 is 34.5 Å². The largest absolute Gasteiger partial charge is 0.263 e. The number of halogens is 3. The fourth-order valence-electron chi connectivity index (χ4n) is 2.04. The number of aromatic nitrogens is 1. The highest BCUT2D eigenvalue weighted by molar-refractivity contribution is 7.19. The predicted octanol–water partition coefficient (Wildman–Crippen LogP) is 5.61. The lowest BCUT2D eigenvalue weighted by atomic mass is 10.1. The second-order valence-electron chi connectivity index (χ2n) is 4.47. The van der Waals surface area contributed by atoms with Gasteiger partial charge in [-0.05, 0) is 41.6 Å². The van der Waals surface area contributed by atoms with E-state index in [1.807, 2.05) is 12.1 Å². The molecule has 3 aromatic rings. The molecular weight excluding hydrogens is 316 g/mol. The van der Waals surface area contributed by atoms with E-state index in [0.29, 0.717) is 11.4 Å². The summed E-state index contributed by atoms with van der Waals surface area (Å²) in [5.41, 5.74) is 0.963. The standard InChI is InChI=1S/C15H10Cl2FNS/c16-12(5-9-3-4-19-8-13(9)17)15-6-10-1-2-11(18)7-14(10)20-15/h1-4,6-8,12H,5H2. The number of rotatable bonds is 3. The zero-order chi connectivity index (χ0) is 14.1. The van der Waals surface area contributed by atoms with Gasteiger partial charge in [0, 0.05) is 22.0 Å². The van der Waals surface area contributed by atoms with Gasteiger partial charge in [0.25, 0.3) is 0 Å². The van der Waals surface area contributed by atoms with Crippen molar-refractivity contribution in [2.45, 2.75) is 11.8 Å². The van der Waals surface area contributed by atoms with Crippen molar-refractivity contribution in [2.75, 3.05) is 0 Å². The molecule has 3 rings (SSSR count). The van der Waals surface area contributed by atoms with Gasteiger partial charge in [-0.2, -0.15) is 0 Å². The Kier molecular flexibility index (Phi) is 3.92. The highest BCUT2D eigenvalue weighted by Gasteiger charge is 2.14. The van der Waals surface area contributed by atoms with Crippen molar-refractivity contribution in [3.63, 3.8) is 0 Å². The van der Waals surface area contributed by atoms with Crippen LogP contribution in [-0.4, -0.2) is 4.98 Å². The molecule has 0 saturated heterocycles. The Hall–Kier alpha value is -1.16. The smallest absolute Gasteiger partial charge is 0.124 e. The van der Waals surface area contributed by atoms with Crippen LogP contribution in [0.3, 0.4) is 0 Å². The van der Waals surface area contributed by atoms with E-state index in [-0.39, 0.29) is 11.2 Å². The third-order valence-electron chi connectivity index (χ3n) is 3.07. The van der Waals surface area contributed by atoms with Gasteiger partial charge in [-0.15, -0.1) is 22.9 Å². The first-order valence-electron chi connectivity index (χ1n) is 6.05. The monoisotopic (exact) mass is 325 g/mol. The lowest BCUT2D eigenvalue weighted by molar-refractivity contribution is 0.630. The first-order chi connectivity index (χ1) is 9.63. The number of hydrogen-bond donors (Lipinski definition) is 0. The van der Waals surface area contributed by atoms with Gasteiger partial charge in [-0.3, -0.25) is 4.98 Å². The summed E-state index contributed by atoms with van der Waals surface area (Å²) < 4.78 is 14.1. The summed E-state index contributed by atoms with van der Waals surface area (Å²) in [6, 6.07) is 8.64. The summed E-state index contributed by atoms with van der Waals surface area (Å²) in [6.45, 7) is 0. The molecule has 0 aliphatic heterocycles. The van der Waals surface area contributed by atoms with Gasteiger partial charge in [0.1, 0.15) is 5.82 Å². The molecule has 0 amide bonds. The topological polar surface area (TPSA) is 12.9 Å². The van der Waals surface area contributed by atoms with Gasteiger partial charge in [-0.1, -0.05) is 17.7 Å². The van der Waals surface area contributed by atoms with E-state index < -0.39 is 0 Å². The van der Waals surface area contributed by atoms with E-state index in [2.05, 4.69) is 4.98 Å². The first-order valence-corrected chi connectivity index (χ1v) is 7.68. The number of benzene rings is 1. The molecule has 1 aromatic carbocycles. The van der Waals surface area contributed by atoms with Crippen LogP contribution in [-0.2, 0) is 6.42 Å². The molecule has 0 spiro atoms. The molecule has 0 bridgehead atoms. The second-order valence-corrected chi connectivity index (χ2v) is 6.52. The Morgan fingerprint density at radius 1 is 1.25 bits per heavy atom. The normalized spacial score (nSPS) is 12.8. The Bertz CT molecular complexity index is 756. The zero-order valence-corrected chi connectivity index (χ0v) is 12.6. The van der Waals surface area contributed by atoms with Crippen LogP contribution in [0, 0.1) is 5.82 Å². The van der Waals surface area contributed by atoms with E-state index in [1.54, 1.807) is 18.5 Å². The van der Waals surface area contributed by atoms with Gasteiger partial charge in [0.05, 0.1) is 10.4 Å². The molecule has 102 valence electrons. The molecule has 5 heteroatoms. The molecule has 0 aliphatic carbocycles. The van der Waals surface area contributed by atoms with Gasteiger partial charge in [0.2, 0.25) is 0 Å². The summed E-state index contributed by atoms with van der Waals surface area (Å²) in [4.78, 5) is 4.97. The Morgan fingerprint density at radius 2 is 2.10 bits per heavy atom. The quantitative estimate of drug-likeness (QED) is 0.570. The first kappa shape index (κ1) is 13.8. The maximum absolute atomic E-state index is 13.2. The lowest BCUT2D eigenvalue weighted by Crippen LogP contribution is -1.94. The number of hydrogen-bond acceptors (Lipinski definition) is 2. The SMILES string of the molecule is Fc1ccc2cc(C(Cl)Cc3ccncc3Cl)sc2c1. The van der Waals surface area contributed by atoms with Crippen molar-refractivity contribution in [1.29, 1.82) is 0 Å². The minimum atomic E-state index is -0.228. The number of alkyl halides is 1. The molecule has 1 nitrogen and oxygen atoms in total. The van der Waals surface area contributed by atoms with Crippen molar-refractivity contribution in [1.82, 2.24) is 4.98 Å². The van der Waals surface area contributed by atoms with Crippen molar-refractivity contribution < 1.29 is 4.39 Å². The highest BCUT2D eigenvalue weighted by Crippen LogP contribution is 2.36. The van der Waals surface area contributed by atoms with Crippen LogP contribution in [0.4, 0.5) is 4.39 Å². The molecule has 0 fully saturated rings. The van der Waals surface area contributed by atoms with Crippen LogP contribution in [0.1, 0.15) is 15.8 Å². The van der Waals surface area contributed by atoms with E-state index in [4.69, 9.17) is 23.2 Å². The van der Waals surface area contributed by atoms with Gasteiger partial charge in [0.15, 0.2) is 0 Å². The molecule has 0 N–H and O–H groups in total. The van der Waals surface area contributed by atoms with Gasteiger partial charge in [-0.25, -0.2) is 4.39 Å². The number of fused-ring (bicyclic) bond motifs is 1. The van der Waals surface area contributed by atoms with Crippen molar-refractivity contribution in [3.05, 3.63) is 64.0 Å². The highest BCUT2D eigenvalue weighted by atomic mass is 35.5. The van der Waals surface area contributed by atoms with Gasteiger partial charge >= 0.3 is 0 Å². The van der Waals surface area contributed by atoms with Crippen LogP contribution < -0.4 is 0 Å². The van der Waals surface area contributed by atoms with Crippen molar-refractivity contribution in [2.24, 2.45) is 0 Å². The fraction of sp³-hybridized carbons (Fsp3) is 0.133. The number of pyridine rings is 1. The maximum atomic E-state index is 13.2. The Morgan fingerprint density at radius 3 is 2.90 bits per heavy atom. The van der Waals surface area contributed by atoms with Gasteiger partial charge < -0.3 is 0 Å². The van der Waals surface area contributed by atoms with E-state index >= 15 is 0 Å². The third kappa shape index (κ3) is 2.80. The second kappa shape index (κ2) is 5.68. The maximum Gasteiger partial charge on any atom is 0.124 e. The molecule has 0 aliphatic rings. The van der Waals surface area contributed by atoms with E-state index in [0.717, 1.165) is 20.5 Å². The van der Waals surface area contributed by atoms with E-state index in [9.17, 15) is 4.39 Å². The average molecular weight is 326 g/mol. The summed E-state index contributed by atoms with van der Waals surface area (Å²) >= 11 is 14.1. The van der Waals surface area contributed by atoms with E-state index in [1.165, 1.54) is 23.5 Å². The molecular formula is C15H10Cl2FNS. The van der Waals surface area contributed by atoms with Crippen molar-refractivity contribution >= 4 is 44.6 Å². The summed E-state index contributed by atoms with van der Waals surface area (Å²) in [7, 11) is 0.